The summed E-state index contributed by atoms with van der Waals surface area (Å²) in [6.07, 6.45) is 3.98. The summed E-state index contributed by atoms with van der Waals surface area (Å²) in [5.41, 5.74) is 1.37. The van der Waals surface area contributed by atoms with Gasteiger partial charge in [0.1, 0.15) is 22.7 Å². The molecule has 1 atom stereocenters. The number of nitrogens with one attached hydrogen (secondary N) is 1. The average molecular weight is 397 g/mol. The second-order valence-corrected chi connectivity index (χ2v) is 8.49. The van der Waals surface area contributed by atoms with Crippen LogP contribution < -0.4 is 15.0 Å². The first-order chi connectivity index (χ1) is 13.6. The first kappa shape index (κ1) is 18.7. The number of nitrogens with zero attached hydrogens (tertiary/aromatic N) is 3. The molecule has 1 saturated heterocycles. The van der Waals surface area contributed by atoms with Crippen molar-refractivity contribution in [3.8, 4) is 5.75 Å². The number of hydrogen-bond donors (Lipinski definition) is 1. The smallest absolute Gasteiger partial charge is 0.257 e. The van der Waals surface area contributed by atoms with E-state index in [2.05, 4.69) is 27.1 Å². The van der Waals surface area contributed by atoms with E-state index >= 15 is 0 Å². The number of hydrogen-bond acceptors (Lipinski definition) is 6. The Bertz CT molecular complexity index is 1020. The molecule has 1 aromatic carbocycles. The van der Waals surface area contributed by atoms with Crippen LogP contribution in [0.3, 0.4) is 0 Å². The molecule has 0 bridgehead atoms. The van der Waals surface area contributed by atoms with Gasteiger partial charge >= 0.3 is 0 Å². The van der Waals surface area contributed by atoms with Gasteiger partial charge in [-0.3, -0.25) is 4.79 Å². The van der Waals surface area contributed by atoms with E-state index in [1.807, 2.05) is 31.2 Å². The third-order valence-electron chi connectivity index (χ3n) is 5.16. The lowest BCUT2D eigenvalue weighted by molar-refractivity contribution is 0.102. The van der Waals surface area contributed by atoms with Crippen LogP contribution in [0.25, 0.3) is 10.2 Å². The minimum Gasteiger partial charge on any atom is -0.497 e. The van der Waals surface area contributed by atoms with E-state index in [-0.39, 0.29) is 5.91 Å². The zero-order valence-corrected chi connectivity index (χ0v) is 17.2. The molecule has 0 saturated carbocycles. The topological polar surface area (TPSA) is 67.3 Å². The first-order valence-corrected chi connectivity index (χ1v) is 10.3. The Balaban J connectivity index is 1.73. The van der Waals surface area contributed by atoms with Gasteiger partial charge in [0.25, 0.3) is 5.91 Å². The molecule has 1 unspecified atom stereocenters. The van der Waals surface area contributed by atoms with Crippen molar-refractivity contribution in [3.05, 3.63) is 41.0 Å². The molecule has 1 aliphatic rings. The number of amides is 1. The van der Waals surface area contributed by atoms with E-state index in [0.717, 1.165) is 40.4 Å². The summed E-state index contributed by atoms with van der Waals surface area (Å²) in [6.45, 7) is 6.15. The van der Waals surface area contributed by atoms with Crippen molar-refractivity contribution in [1.29, 1.82) is 0 Å². The number of methoxy groups -OCH3 is 1. The van der Waals surface area contributed by atoms with Gasteiger partial charge in [-0.05, 0) is 37.8 Å². The van der Waals surface area contributed by atoms with Crippen molar-refractivity contribution in [2.75, 3.05) is 30.4 Å². The molecule has 1 fully saturated rings. The van der Waals surface area contributed by atoms with E-state index in [9.17, 15) is 4.79 Å². The molecular weight excluding hydrogens is 372 g/mol. The molecule has 146 valence electrons. The number of piperidine rings is 1. The number of benzene rings is 1. The summed E-state index contributed by atoms with van der Waals surface area (Å²) in [6, 6.07) is 7.38. The summed E-state index contributed by atoms with van der Waals surface area (Å²) in [4.78, 5) is 26.3. The van der Waals surface area contributed by atoms with Crippen LogP contribution in [0.1, 0.15) is 35.0 Å². The van der Waals surface area contributed by atoms with Gasteiger partial charge in [0, 0.05) is 29.7 Å². The van der Waals surface area contributed by atoms with Gasteiger partial charge in [-0.1, -0.05) is 13.0 Å². The fourth-order valence-corrected chi connectivity index (χ4v) is 4.80. The van der Waals surface area contributed by atoms with Gasteiger partial charge in [-0.15, -0.1) is 11.3 Å². The molecule has 6 nitrogen and oxygen atoms in total. The number of carbonyl (C=O) groups is 1. The minimum atomic E-state index is -0.141. The maximum atomic E-state index is 13.2. The van der Waals surface area contributed by atoms with E-state index in [1.54, 1.807) is 24.8 Å². The highest BCUT2D eigenvalue weighted by Gasteiger charge is 2.26. The molecule has 0 spiro atoms. The normalized spacial score (nSPS) is 17.0. The molecule has 4 rings (SSSR count). The Morgan fingerprint density at radius 2 is 2.21 bits per heavy atom. The van der Waals surface area contributed by atoms with Crippen LogP contribution in [-0.2, 0) is 0 Å². The van der Waals surface area contributed by atoms with E-state index in [4.69, 9.17) is 4.74 Å². The highest BCUT2D eigenvalue weighted by atomic mass is 32.1. The summed E-state index contributed by atoms with van der Waals surface area (Å²) < 4.78 is 5.25. The van der Waals surface area contributed by atoms with Crippen LogP contribution in [0, 0.1) is 12.8 Å². The summed E-state index contributed by atoms with van der Waals surface area (Å²) >= 11 is 1.54. The van der Waals surface area contributed by atoms with Gasteiger partial charge in [-0.25, -0.2) is 9.97 Å². The number of anilines is 2. The molecule has 7 heteroatoms. The van der Waals surface area contributed by atoms with Crippen molar-refractivity contribution in [2.24, 2.45) is 5.92 Å². The van der Waals surface area contributed by atoms with Crippen molar-refractivity contribution in [1.82, 2.24) is 9.97 Å². The molecule has 1 N–H and O–H groups in total. The minimum absolute atomic E-state index is 0.141. The molecule has 0 radical (unpaired) electrons. The van der Waals surface area contributed by atoms with Gasteiger partial charge < -0.3 is 15.0 Å². The fourth-order valence-electron chi connectivity index (χ4n) is 3.82. The lowest BCUT2D eigenvalue weighted by Gasteiger charge is -2.32. The number of fused-ring (bicyclic) bond motifs is 1. The Hall–Kier alpha value is -2.67. The van der Waals surface area contributed by atoms with Crippen molar-refractivity contribution >= 4 is 39.0 Å². The summed E-state index contributed by atoms with van der Waals surface area (Å²) in [5.74, 6) is 2.05. The maximum Gasteiger partial charge on any atom is 0.257 e. The maximum absolute atomic E-state index is 13.2. The van der Waals surface area contributed by atoms with Crippen LogP contribution >= 0.6 is 11.3 Å². The van der Waals surface area contributed by atoms with Crippen LogP contribution in [0.2, 0.25) is 0 Å². The fraction of sp³-hybridized carbons (Fsp3) is 0.381. The summed E-state index contributed by atoms with van der Waals surface area (Å²) in [5, 5.41) is 3.87. The van der Waals surface area contributed by atoms with Crippen LogP contribution in [0.4, 0.5) is 11.5 Å². The highest BCUT2D eigenvalue weighted by Crippen LogP contribution is 2.36. The first-order valence-electron chi connectivity index (χ1n) is 9.51. The molecule has 28 heavy (non-hydrogen) atoms. The van der Waals surface area contributed by atoms with Gasteiger partial charge in [0.05, 0.1) is 18.1 Å². The second kappa shape index (κ2) is 7.75. The standard InChI is InChI=1S/C21H24N4O2S/c1-13-6-5-9-25(11-13)19-18-17(14(2)28-21(18)23-12-22-19)20(26)24-15-7-4-8-16(10-15)27-3/h4,7-8,10,12-13H,5-6,9,11H2,1-3H3,(H,24,26). The number of carbonyl (C=O) groups excluding carboxylic acids is 1. The molecule has 1 amide bonds. The highest BCUT2D eigenvalue weighted by molar-refractivity contribution is 7.19. The van der Waals surface area contributed by atoms with Crippen molar-refractivity contribution in [3.63, 3.8) is 0 Å². The van der Waals surface area contributed by atoms with Crippen molar-refractivity contribution in [2.45, 2.75) is 26.7 Å². The predicted octanol–water partition coefficient (Wildman–Crippen LogP) is 4.50. The van der Waals surface area contributed by atoms with Crippen LogP contribution in [0.15, 0.2) is 30.6 Å². The van der Waals surface area contributed by atoms with E-state index < -0.39 is 0 Å². The number of thiophene rings is 1. The Morgan fingerprint density at radius 1 is 1.36 bits per heavy atom. The van der Waals surface area contributed by atoms with Gasteiger partial charge in [-0.2, -0.15) is 0 Å². The molecule has 3 heterocycles. The van der Waals surface area contributed by atoms with E-state index in [1.165, 1.54) is 6.42 Å². The molecular formula is C21H24N4O2S. The number of rotatable bonds is 4. The van der Waals surface area contributed by atoms with Gasteiger partial charge in [0.15, 0.2) is 0 Å². The van der Waals surface area contributed by atoms with Crippen LogP contribution in [0.5, 0.6) is 5.75 Å². The quantitative estimate of drug-likeness (QED) is 0.703. The molecule has 3 aromatic rings. The monoisotopic (exact) mass is 396 g/mol. The Kier molecular flexibility index (Phi) is 5.17. The lowest BCUT2D eigenvalue weighted by Crippen LogP contribution is -2.35. The predicted molar refractivity (Wildman–Crippen MR) is 114 cm³/mol. The molecule has 1 aliphatic heterocycles. The van der Waals surface area contributed by atoms with Crippen LogP contribution in [-0.4, -0.2) is 36.1 Å². The number of aryl methyl sites for hydroxylation is 1. The SMILES string of the molecule is COc1cccc(NC(=O)c2c(C)sc3ncnc(N4CCCC(C)C4)c23)c1. The zero-order valence-electron chi connectivity index (χ0n) is 16.4. The van der Waals surface area contributed by atoms with Gasteiger partial charge in [0.2, 0.25) is 0 Å². The zero-order chi connectivity index (χ0) is 19.7. The largest absolute Gasteiger partial charge is 0.497 e. The lowest BCUT2D eigenvalue weighted by atomic mass is 10.00. The third kappa shape index (κ3) is 3.54. The molecule has 2 aromatic heterocycles. The summed E-state index contributed by atoms with van der Waals surface area (Å²) in [7, 11) is 1.61. The Morgan fingerprint density at radius 3 is 3.00 bits per heavy atom. The Labute approximate surface area is 168 Å². The number of ether oxygens (including phenoxy) is 1. The van der Waals surface area contributed by atoms with E-state index in [0.29, 0.717) is 22.9 Å². The second-order valence-electron chi connectivity index (χ2n) is 7.29. The average Bonchev–Trinajstić information content (AvgIpc) is 3.04. The van der Waals surface area contributed by atoms with Crippen molar-refractivity contribution < 1.29 is 9.53 Å². The number of aromatic nitrogens is 2. The molecule has 0 aliphatic carbocycles. The third-order valence-corrected chi connectivity index (χ3v) is 6.17.